The monoisotopic (exact) mass is 293 g/mol. The van der Waals surface area contributed by atoms with E-state index in [2.05, 4.69) is 13.8 Å². The number of nitrogens with zero attached hydrogens (tertiary/aromatic N) is 1. The number of carbonyl (C=O) groups is 1. The van der Waals surface area contributed by atoms with Crippen molar-refractivity contribution in [3.8, 4) is 0 Å². The number of unbranched alkanes of at least 4 members (excludes halogenated alkanes) is 6. The first-order valence-corrected chi connectivity index (χ1v) is 8.54. The number of rotatable bonds is 11. The zero-order valence-corrected chi connectivity index (χ0v) is 14.0. The van der Waals surface area contributed by atoms with Crippen LogP contribution >= 0.6 is 0 Å². The van der Waals surface area contributed by atoms with E-state index in [4.69, 9.17) is 4.42 Å². The molecule has 0 atom stereocenters. The summed E-state index contributed by atoms with van der Waals surface area (Å²) in [6, 6.07) is 3.66. The molecule has 0 saturated heterocycles. The molecule has 21 heavy (non-hydrogen) atoms. The zero-order chi connectivity index (χ0) is 15.5. The van der Waals surface area contributed by atoms with Gasteiger partial charge in [0.15, 0.2) is 5.76 Å². The van der Waals surface area contributed by atoms with Crippen molar-refractivity contribution >= 4 is 5.91 Å². The second-order valence-corrected chi connectivity index (χ2v) is 5.82. The van der Waals surface area contributed by atoms with Crippen LogP contribution in [0.3, 0.4) is 0 Å². The molecule has 0 aliphatic heterocycles. The number of amides is 1. The van der Waals surface area contributed by atoms with Gasteiger partial charge in [0.1, 0.15) is 5.76 Å². The van der Waals surface area contributed by atoms with Gasteiger partial charge in [-0.15, -0.1) is 0 Å². The van der Waals surface area contributed by atoms with Crippen LogP contribution in [0.15, 0.2) is 16.5 Å². The van der Waals surface area contributed by atoms with Crippen molar-refractivity contribution in [3.05, 3.63) is 23.7 Å². The normalized spacial score (nSPS) is 10.8. The van der Waals surface area contributed by atoms with Crippen LogP contribution in [0.2, 0.25) is 0 Å². The van der Waals surface area contributed by atoms with E-state index in [0.717, 1.165) is 31.7 Å². The van der Waals surface area contributed by atoms with Crippen LogP contribution in [-0.4, -0.2) is 23.9 Å². The van der Waals surface area contributed by atoms with Crippen molar-refractivity contribution in [1.29, 1.82) is 0 Å². The first kappa shape index (κ1) is 17.8. The van der Waals surface area contributed by atoms with Gasteiger partial charge in [-0.25, -0.2) is 0 Å². The molecule has 3 nitrogen and oxygen atoms in total. The summed E-state index contributed by atoms with van der Waals surface area (Å²) < 4.78 is 5.49. The molecule has 0 fully saturated rings. The van der Waals surface area contributed by atoms with Gasteiger partial charge in [-0.2, -0.15) is 0 Å². The maximum absolute atomic E-state index is 12.5. The Labute approximate surface area is 129 Å². The van der Waals surface area contributed by atoms with Crippen molar-refractivity contribution < 1.29 is 9.21 Å². The predicted molar refractivity (Wildman–Crippen MR) is 87.6 cm³/mol. The Balaban J connectivity index is 2.50. The molecule has 1 rings (SSSR count). The molecule has 1 aromatic rings. The molecule has 0 bridgehead atoms. The number of furan rings is 1. The van der Waals surface area contributed by atoms with Crippen molar-refractivity contribution in [2.24, 2.45) is 0 Å². The van der Waals surface area contributed by atoms with Gasteiger partial charge in [0.25, 0.3) is 5.91 Å². The quantitative estimate of drug-likeness (QED) is 0.526. The van der Waals surface area contributed by atoms with Crippen LogP contribution in [0.25, 0.3) is 0 Å². The Morgan fingerprint density at radius 2 is 1.52 bits per heavy atom. The van der Waals surface area contributed by atoms with Gasteiger partial charge in [-0.3, -0.25) is 4.79 Å². The first-order valence-electron chi connectivity index (χ1n) is 8.54. The topological polar surface area (TPSA) is 33.5 Å². The Morgan fingerprint density at radius 1 is 0.952 bits per heavy atom. The van der Waals surface area contributed by atoms with Gasteiger partial charge >= 0.3 is 0 Å². The van der Waals surface area contributed by atoms with E-state index in [1.54, 1.807) is 6.07 Å². The summed E-state index contributed by atoms with van der Waals surface area (Å²) in [6.45, 7) is 8.00. The Bertz CT molecular complexity index is 386. The van der Waals surface area contributed by atoms with E-state index in [1.165, 1.54) is 38.5 Å². The molecule has 0 aliphatic carbocycles. The second kappa shape index (κ2) is 10.5. The predicted octanol–water partition coefficient (Wildman–Crippen LogP) is 5.19. The van der Waals surface area contributed by atoms with Crippen LogP contribution in [-0.2, 0) is 0 Å². The van der Waals surface area contributed by atoms with Gasteiger partial charge in [-0.05, 0) is 31.9 Å². The molecule has 0 unspecified atom stereocenters. The number of aryl methyl sites for hydroxylation is 1. The van der Waals surface area contributed by atoms with Crippen LogP contribution in [0.1, 0.15) is 81.5 Å². The highest BCUT2D eigenvalue weighted by molar-refractivity contribution is 5.91. The van der Waals surface area contributed by atoms with Crippen LogP contribution in [0.4, 0.5) is 0 Å². The van der Waals surface area contributed by atoms with Gasteiger partial charge < -0.3 is 9.32 Å². The fourth-order valence-electron chi connectivity index (χ4n) is 2.48. The molecule has 1 heterocycles. The van der Waals surface area contributed by atoms with Crippen molar-refractivity contribution in [2.75, 3.05) is 13.1 Å². The number of hydrogen-bond acceptors (Lipinski definition) is 2. The molecule has 0 saturated carbocycles. The largest absolute Gasteiger partial charge is 0.456 e. The highest BCUT2D eigenvalue weighted by Crippen LogP contribution is 2.13. The lowest BCUT2D eigenvalue weighted by Gasteiger charge is -2.21. The highest BCUT2D eigenvalue weighted by Gasteiger charge is 2.18. The highest BCUT2D eigenvalue weighted by atomic mass is 16.3. The first-order chi connectivity index (χ1) is 10.2. The summed E-state index contributed by atoms with van der Waals surface area (Å²) in [4.78, 5) is 14.5. The maximum atomic E-state index is 12.5. The molecule has 0 aliphatic rings. The third-order valence-corrected chi connectivity index (χ3v) is 3.80. The Kier molecular flexibility index (Phi) is 8.88. The molecule has 0 aromatic carbocycles. The van der Waals surface area contributed by atoms with E-state index in [0.29, 0.717) is 5.76 Å². The van der Waals surface area contributed by atoms with Crippen LogP contribution in [0, 0.1) is 6.92 Å². The number of carbonyl (C=O) groups excluding carboxylic acids is 1. The van der Waals surface area contributed by atoms with E-state index < -0.39 is 0 Å². The third kappa shape index (κ3) is 6.83. The summed E-state index contributed by atoms with van der Waals surface area (Å²) in [5.41, 5.74) is 0. The van der Waals surface area contributed by atoms with Crippen molar-refractivity contribution in [2.45, 2.75) is 72.1 Å². The van der Waals surface area contributed by atoms with Gasteiger partial charge in [-0.1, -0.05) is 52.4 Å². The van der Waals surface area contributed by atoms with Gasteiger partial charge in [0.2, 0.25) is 0 Å². The molecule has 1 aromatic heterocycles. The lowest BCUT2D eigenvalue weighted by atomic mass is 10.1. The fraction of sp³-hybridized carbons (Fsp3) is 0.722. The molecular formula is C18H31NO2. The summed E-state index contributed by atoms with van der Waals surface area (Å²) in [5.74, 6) is 1.34. The summed E-state index contributed by atoms with van der Waals surface area (Å²) in [7, 11) is 0. The minimum absolute atomic E-state index is 0.0519. The average molecular weight is 293 g/mol. The van der Waals surface area contributed by atoms with E-state index in [1.807, 2.05) is 17.9 Å². The minimum atomic E-state index is 0.0519. The summed E-state index contributed by atoms with van der Waals surface area (Å²) >= 11 is 0. The van der Waals surface area contributed by atoms with E-state index >= 15 is 0 Å². The molecular weight excluding hydrogens is 262 g/mol. The van der Waals surface area contributed by atoms with Gasteiger partial charge in [0, 0.05) is 13.1 Å². The fourth-order valence-corrected chi connectivity index (χ4v) is 2.48. The second-order valence-electron chi connectivity index (χ2n) is 5.82. The van der Waals surface area contributed by atoms with Crippen molar-refractivity contribution in [3.63, 3.8) is 0 Å². The van der Waals surface area contributed by atoms with Crippen LogP contribution < -0.4 is 0 Å². The number of hydrogen-bond donors (Lipinski definition) is 0. The average Bonchev–Trinajstić information content (AvgIpc) is 2.91. The smallest absolute Gasteiger partial charge is 0.289 e. The van der Waals surface area contributed by atoms with E-state index in [9.17, 15) is 4.79 Å². The Hall–Kier alpha value is -1.25. The molecule has 0 radical (unpaired) electrons. The Morgan fingerprint density at radius 3 is 1.95 bits per heavy atom. The SMILES string of the molecule is CCCCCCN(CCCCCC)C(=O)c1ccc(C)o1. The third-order valence-electron chi connectivity index (χ3n) is 3.80. The lowest BCUT2D eigenvalue weighted by Crippen LogP contribution is -2.32. The minimum Gasteiger partial charge on any atom is -0.456 e. The summed E-state index contributed by atoms with van der Waals surface area (Å²) in [6.07, 6.45) is 9.53. The van der Waals surface area contributed by atoms with Crippen LogP contribution in [0.5, 0.6) is 0 Å². The molecule has 0 spiro atoms. The molecule has 0 N–H and O–H groups in total. The lowest BCUT2D eigenvalue weighted by molar-refractivity contribution is 0.0716. The van der Waals surface area contributed by atoms with Crippen molar-refractivity contribution in [1.82, 2.24) is 4.90 Å². The molecule has 1 amide bonds. The molecule has 3 heteroatoms. The standard InChI is InChI=1S/C18H31NO2/c1-4-6-8-10-14-19(15-11-9-7-5-2)18(20)17-13-12-16(3)21-17/h12-13H,4-11,14-15H2,1-3H3. The maximum Gasteiger partial charge on any atom is 0.289 e. The molecule has 120 valence electrons. The zero-order valence-electron chi connectivity index (χ0n) is 14.0. The van der Waals surface area contributed by atoms with Gasteiger partial charge in [0.05, 0.1) is 0 Å². The summed E-state index contributed by atoms with van der Waals surface area (Å²) in [5, 5.41) is 0. The van der Waals surface area contributed by atoms with E-state index in [-0.39, 0.29) is 5.91 Å².